The van der Waals surface area contributed by atoms with E-state index in [0.717, 1.165) is 31.0 Å². The molecule has 1 N–H and O–H groups in total. The SMILES string of the molecule is CCCNc1ncnc(N(C)C(C)CC(C)C)c1C(C)C. The monoisotopic (exact) mass is 292 g/mol. The van der Waals surface area contributed by atoms with E-state index in [4.69, 9.17) is 0 Å². The Labute approximate surface area is 130 Å². The van der Waals surface area contributed by atoms with Gasteiger partial charge in [-0.15, -0.1) is 0 Å². The summed E-state index contributed by atoms with van der Waals surface area (Å²) in [6.45, 7) is 14.3. The number of anilines is 2. The summed E-state index contributed by atoms with van der Waals surface area (Å²) in [4.78, 5) is 11.3. The van der Waals surface area contributed by atoms with Crippen LogP contribution in [0.25, 0.3) is 0 Å². The third-order valence-electron chi connectivity index (χ3n) is 3.79. The van der Waals surface area contributed by atoms with Gasteiger partial charge in [-0.3, -0.25) is 0 Å². The smallest absolute Gasteiger partial charge is 0.137 e. The first kappa shape index (κ1) is 17.7. The number of rotatable bonds is 8. The third kappa shape index (κ3) is 4.87. The van der Waals surface area contributed by atoms with E-state index in [1.165, 1.54) is 5.56 Å². The summed E-state index contributed by atoms with van der Waals surface area (Å²) in [5.41, 5.74) is 1.23. The molecule has 0 saturated carbocycles. The molecule has 1 atom stereocenters. The topological polar surface area (TPSA) is 41.1 Å². The first-order valence-corrected chi connectivity index (χ1v) is 8.20. The van der Waals surface area contributed by atoms with Crippen molar-refractivity contribution in [2.24, 2.45) is 5.92 Å². The Balaban J connectivity index is 3.10. The second-order valence-electron chi connectivity index (χ2n) is 6.63. The van der Waals surface area contributed by atoms with Crippen molar-refractivity contribution in [1.82, 2.24) is 9.97 Å². The molecule has 120 valence electrons. The van der Waals surface area contributed by atoms with Crippen molar-refractivity contribution in [3.63, 3.8) is 0 Å². The van der Waals surface area contributed by atoms with Gasteiger partial charge in [0.15, 0.2) is 0 Å². The van der Waals surface area contributed by atoms with Gasteiger partial charge >= 0.3 is 0 Å². The van der Waals surface area contributed by atoms with Crippen molar-refractivity contribution in [2.45, 2.75) is 66.3 Å². The van der Waals surface area contributed by atoms with Gasteiger partial charge in [0.2, 0.25) is 0 Å². The van der Waals surface area contributed by atoms with E-state index in [0.29, 0.717) is 17.9 Å². The van der Waals surface area contributed by atoms with Gasteiger partial charge in [0.25, 0.3) is 0 Å². The Bertz CT molecular complexity index is 429. The number of hydrogen-bond donors (Lipinski definition) is 1. The molecule has 0 bridgehead atoms. The molecule has 1 unspecified atom stereocenters. The van der Waals surface area contributed by atoms with Crippen molar-refractivity contribution in [1.29, 1.82) is 0 Å². The molecular formula is C17H32N4. The molecule has 0 aliphatic heterocycles. The maximum atomic E-state index is 4.57. The maximum Gasteiger partial charge on any atom is 0.137 e. The van der Waals surface area contributed by atoms with Crippen LogP contribution in [0, 0.1) is 5.92 Å². The highest BCUT2D eigenvalue weighted by Gasteiger charge is 2.21. The van der Waals surface area contributed by atoms with E-state index in [1.807, 2.05) is 0 Å². The van der Waals surface area contributed by atoms with Gasteiger partial charge in [0, 0.05) is 25.2 Å². The van der Waals surface area contributed by atoms with Crippen LogP contribution in [-0.2, 0) is 0 Å². The van der Waals surface area contributed by atoms with Gasteiger partial charge in [-0.25, -0.2) is 9.97 Å². The Morgan fingerprint density at radius 1 is 1.14 bits per heavy atom. The van der Waals surface area contributed by atoms with Gasteiger partial charge in [0.05, 0.1) is 0 Å². The molecule has 0 aliphatic rings. The van der Waals surface area contributed by atoms with Crippen molar-refractivity contribution < 1.29 is 0 Å². The fourth-order valence-corrected chi connectivity index (χ4v) is 2.63. The molecule has 0 aromatic carbocycles. The molecule has 0 fully saturated rings. The number of nitrogens with one attached hydrogen (secondary N) is 1. The van der Waals surface area contributed by atoms with Crippen LogP contribution in [0.5, 0.6) is 0 Å². The molecule has 1 aromatic heterocycles. The molecule has 4 nitrogen and oxygen atoms in total. The highest BCUT2D eigenvalue weighted by Crippen LogP contribution is 2.31. The fraction of sp³-hybridized carbons (Fsp3) is 0.765. The molecule has 4 heteroatoms. The summed E-state index contributed by atoms with van der Waals surface area (Å²) in [6, 6.07) is 0.469. The van der Waals surface area contributed by atoms with Crippen LogP contribution in [0.3, 0.4) is 0 Å². The van der Waals surface area contributed by atoms with Crippen LogP contribution >= 0.6 is 0 Å². The van der Waals surface area contributed by atoms with Crippen LogP contribution in [0.1, 0.15) is 65.9 Å². The molecular weight excluding hydrogens is 260 g/mol. The molecule has 0 aliphatic carbocycles. The Hall–Kier alpha value is -1.32. The van der Waals surface area contributed by atoms with Crippen molar-refractivity contribution in [3.8, 4) is 0 Å². The summed E-state index contributed by atoms with van der Waals surface area (Å²) in [5.74, 6) is 3.13. The molecule has 0 saturated heterocycles. The Morgan fingerprint density at radius 3 is 2.33 bits per heavy atom. The first-order valence-electron chi connectivity index (χ1n) is 8.20. The van der Waals surface area contributed by atoms with E-state index >= 15 is 0 Å². The van der Waals surface area contributed by atoms with Gasteiger partial charge in [-0.05, 0) is 31.6 Å². The minimum atomic E-state index is 0.397. The highest BCUT2D eigenvalue weighted by molar-refractivity contribution is 5.60. The van der Waals surface area contributed by atoms with E-state index in [9.17, 15) is 0 Å². The number of aromatic nitrogens is 2. The zero-order valence-corrected chi connectivity index (χ0v) is 14.8. The van der Waals surface area contributed by atoms with Gasteiger partial charge in [-0.1, -0.05) is 34.6 Å². The number of hydrogen-bond acceptors (Lipinski definition) is 4. The lowest BCUT2D eigenvalue weighted by atomic mass is 10.0. The van der Waals surface area contributed by atoms with E-state index < -0.39 is 0 Å². The van der Waals surface area contributed by atoms with Crippen molar-refractivity contribution in [3.05, 3.63) is 11.9 Å². The Morgan fingerprint density at radius 2 is 1.81 bits per heavy atom. The average molecular weight is 292 g/mol. The zero-order valence-electron chi connectivity index (χ0n) is 14.8. The third-order valence-corrected chi connectivity index (χ3v) is 3.79. The predicted octanol–water partition coefficient (Wildman–Crippen LogP) is 4.29. The summed E-state index contributed by atoms with van der Waals surface area (Å²) < 4.78 is 0. The minimum Gasteiger partial charge on any atom is -0.370 e. The van der Waals surface area contributed by atoms with Crippen LogP contribution in [0.4, 0.5) is 11.6 Å². The first-order chi connectivity index (χ1) is 9.88. The molecule has 0 spiro atoms. The average Bonchev–Trinajstić information content (AvgIpc) is 2.42. The summed E-state index contributed by atoms with van der Waals surface area (Å²) in [6.07, 6.45) is 3.93. The molecule has 1 heterocycles. The lowest BCUT2D eigenvalue weighted by Gasteiger charge is -2.30. The fourth-order valence-electron chi connectivity index (χ4n) is 2.63. The van der Waals surface area contributed by atoms with Crippen LogP contribution in [0.2, 0.25) is 0 Å². The van der Waals surface area contributed by atoms with E-state index in [1.54, 1.807) is 6.33 Å². The second-order valence-corrected chi connectivity index (χ2v) is 6.63. The molecule has 21 heavy (non-hydrogen) atoms. The van der Waals surface area contributed by atoms with E-state index in [2.05, 4.69) is 68.8 Å². The molecule has 1 rings (SSSR count). The minimum absolute atomic E-state index is 0.397. The zero-order chi connectivity index (χ0) is 16.0. The maximum absolute atomic E-state index is 4.57. The largest absolute Gasteiger partial charge is 0.370 e. The van der Waals surface area contributed by atoms with Gasteiger partial charge in [0.1, 0.15) is 18.0 Å². The molecule has 1 aromatic rings. The van der Waals surface area contributed by atoms with Crippen LogP contribution < -0.4 is 10.2 Å². The normalized spacial score (nSPS) is 12.8. The molecule has 0 amide bonds. The van der Waals surface area contributed by atoms with Crippen LogP contribution in [0.15, 0.2) is 6.33 Å². The lowest BCUT2D eigenvalue weighted by Crippen LogP contribution is -2.32. The Kier molecular flexibility index (Phi) is 6.93. The standard InChI is InChI=1S/C17H32N4/c1-8-9-18-16-15(13(4)5)17(20-11-19-16)21(7)14(6)10-12(2)3/h11-14H,8-10H2,1-7H3,(H,18,19,20). The van der Waals surface area contributed by atoms with Gasteiger partial charge < -0.3 is 10.2 Å². The van der Waals surface area contributed by atoms with E-state index in [-0.39, 0.29) is 0 Å². The summed E-state index contributed by atoms with van der Waals surface area (Å²) in [7, 11) is 2.14. The predicted molar refractivity (Wildman–Crippen MR) is 92.2 cm³/mol. The van der Waals surface area contributed by atoms with Gasteiger partial charge in [-0.2, -0.15) is 0 Å². The quantitative estimate of drug-likeness (QED) is 0.776. The lowest BCUT2D eigenvalue weighted by molar-refractivity contribution is 0.500. The van der Waals surface area contributed by atoms with Crippen molar-refractivity contribution in [2.75, 3.05) is 23.8 Å². The highest BCUT2D eigenvalue weighted by atomic mass is 15.2. The summed E-state index contributed by atoms with van der Waals surface area (Å²) >= 11 is 0. The van der Waals surface area contributed by atoms with Crippen molar-refractivity contribution >= 4 is 11.6 Å². The van der Waals surface area contributed by atoms with Crippen LogP contribution in [-0.4, -0.2) is 29.6 Å². The summed E-state index contributed by atoms with van der Waals surface area (Å²) in [5, 5.41) is 3.44. The molecule has 0 radical (unpaired) electrons. The number of nitrogens with zero attached hydrogens (tertiary/aromatic N) is 3. The second kappa shape index (κ2) is 8.20.